The molecule has 33 heavy (non-hydrogen) atoms. The van der Waals surface area contributed by atoms with Crippen LogP contribution in [0, 0.1) is 0 Å². The smallest absolute Gasteiger partial charge is 0.341 e. The molecule has 2 aromatic rings. The molecule has 0 N–H and O–H groups in total. The van der Waals surface area contributed by atoms with Gasteiger partial charge >= 0.3 is 11.9 Å². The highest BCUT2D eigenvalue weighted by Crippen LogP contribution is 2.32. The molecule has 0 amide bonds. The van der Waals surface area contributed by atoms with Crippen LogP contribution in [0.3, 0.4) is 0 Å². The highest BCUT2D eigenvalue weighted by atomic mass is 16.6. The Balaban J connectivity index is 1.84. The summed E-state index contributed by atoms with van der Waals surface area (Å²) in [7, 11) is 0. The average molecular weight is 461 g/mol. The van der Waals surface area contributed by atoms with E-state index in [2.05, 4.69) is 5.10 Å². The van der Waals surface area contributed by atoms with E-state index in [4.69, 9.17) is 18.9 Å². The summed E-state index contributed by atoms with van der Waals surface area (Å²) >= 11 is 0. The van der Waals surface area contributed by atoms with Crippen molar-refractivity contribution in [3.05, 3.63) is 23.9 Å². The van der Waals surface area contributed by atoms with Crippen molar-refractivity contribution >= 4 is 22.8 Å². The summed E-state index contributed by atoms with van der Waals surface area (Å²) in [6.07, 6.45) is 5.78. The summed E-state index contributed by atoms with van der Waals surface area (Å²) in [5.41, 5.74) is 0.626. The molecule has 1 saturated heterocycles. The summed E-state index contributed by atoms with van der Waals surface area (Å²) in [4.78, 5) is 24.9. The van der Waals surface area contributed by atoms with Gasteiger partial charge in [-0.1, -0.05) is 6.92 Å². The maximum absolute atomic E-state index is 12.8. The number of esters is 2. The second kappa shape index (κ2) is 11.0. The van der Waals surface area contributed by atoms with Crippen LogP contribution in [0.2, 0.25) is 0 Å². The van der Waals surface area contributed by atoms with Gasteiger partial charge in [-0.05, 0) is 71.9 Å². The Kier molecular flexibility index (Phi) is 8.35. The number of ether oxygens (including phenoxy) is 4. The van der Waals surface area contributed by atoms with Crippen molar-refractivity contribution in [1.29, 1.82) is 0 Å². The van der Waals surface area contributed by atoms with Crippen LogP contribution >= 0.6 is 0 Å². The third kappa shape index (κ3) is 6.69. The molecular weight excluding hydrogens is 424 g/mol. The first-order valence-electron chi connectivity index (χ1n) is 11.9. The second-order valence-corrected chi connectivity index (χ2v) is 9.31. The van der Waals surface area contributed by atoms with Crippen molar-refractivity contribution in [2.75, 3.05) is 13.2 Å². The van der Waals surface area contributed by atoms with Crippen molar-refractivity contribution in [3.63, 3.8) is 0 Å². The lowest BCUT2D eigenvalue weighted by molar-refractivity contribution is -0.155. The molecule has 182 valence electrons. The van der Waals surface area contributed by atoms with Crippen LogP contribution in [0.25, 0.3) is 10.9 Å². The number of carbonyl (C=O) groups excluding carboxylic acids is 2. The molecule has 0 spiro atoms. The van der Waals surface area contributed by atoms with Gasteiger partial charge in [-0.3, -0.25) is 4.79 Å². The van der Waals surface area contributed by atoms with Crippen LogP contribution in [-0.4, -0.2) is 46.6 Å². The summed E-state index contributed by atoms with van der Waals surface area (Å²) in [5, 5.41) is 5.38. The number of benzene rings is 1. The van der Waals surface area contributed by atoms with Gasteiger partial charge in [0.25, 0.3) is 0 Å². The van der Waals surface area contributed by atoms with Gasteiger partial charge in [0.05, 0.1) is 24.4 Å². The molecule has 8 nitrogen and oxygen atoms in total. The molecule has 1 aromatic carbocycles. The van der Waals surface area contributed by atoms with Crippen LogP contribution in [0.5, 0.6) is 5.75 Å². The maximum atomic E-state index is 12.8. The molecule has 1 fully saturated rings. The average Bonchev–Trinajstić information content (AvgIpc) is 3.18. The van der Waals surface area contributed by atoms with Crippen LogP contribution in [-0.2, 0) is 19.0 Å². The monoisotopic (exact) mass is 460 g/mol. The van der Waals surface area contributed by atoms with Gasteiger partial charge in [-0.25, -0.2) is 9.48 Å². The third-order valence-electron chi connectivity index (χ3n) is 5.46. The maximum Gasteiger partial charge on any atom is 0.341 e. The van der Waals surface area contributed by atoms with Gasteiger partial charge in [0.2, 0.25) is 0 Å². The third-order valence-corrected chi connectivity index (χ3v) is 5.46. The Hall–Kier alpha value is -2.61. The number of aromatic nitrogens is 2. The molecule has 0 radical (unpaired) electrons. The van der Waals surface area contributed by atoms with E-state index in [1.54, 1.807) is 19.2 Å². The lowest BCUT2D eigenvalue weighted by atomic mass is 10.1. The van der Waals surface area contributed by atoms with Gasteiger partial charge in [-0.15, -0.1) is 0 Å². The number of rotatable bonds is 9. The normalized spacial score (nSPS) is 17.5. The van der Waals surface area contributed by atoms with Crippen molar-refractivity contribution in [2.45, 2.75) is 91.1 Å². The van der Waals surface area contributed by atoms with Gasteiger partial charge < -0.3 is 18.9 Å². The fourth-order valence-corrected chi connectivity index (χ4v) is 3.88. The van der Waals surface area contributed by atoms with Gasteiger partial charge in [0, 0.05) is 18.4 Å². The molecule has 1 aromatic heterocycles. The minimum atomic E-state index is -0.524. The molecule has 3 rings (SSSR count). The predicted molar refractivity (Wildman–Crippen MR) is 124 cm³/mol. The quantitative estimate of drug-likeness (QED) is 0.476. The number of carbonyl (C=O) groups is 2. The van der Waals surface area contributed by atoms with E-state index >= 15 is 0 Å². The molecule has 2 atom stereocenters. The number of fused-ring (bicyclic) bond motifs is 1. The zero-order valence-electron chi connectivity index (χ0n) is 20.4. The van der Waals surface area contributed by atoms with E-state index in [-0.39, 0.29) is 31.3 Å². The molecule has 0 aliphatic carbocycles. The zero-order chi connectivity index (χ0) is 24.0. The molecule has 1 aliphatic rings. The Morgan fingerprint density at radius 3 is 2.67 bits per heavy atom. The van der Waals surface area contributed by atoms with Crippen LogP contribution in [0.15, 0.2) is 18.3 Å². The molecular formula is C25H36N2O6. The van der Waals surface area contributed by atoms with E-state index in [0.717, 1.165) is 30.2 Å². The SMILES string of the molecule is CCOC(=O)c1cc2c(cnn2C2CCCCO2)cc1O[C@H](CC)CCC(=O)OC(C)(C)C. The Morgan fingerprint density at radius 2 is 2.03 bits per heavy atom. The summed E-state index contributed by atoms with van der Waals surface area (Å²) in [6, 6.07) is 3.60. The first-order valence-corrected chi connectivity index (χ1v) is 11.9. The fraction of sp³-hybridized carbons (Fsp3) is 0.640. The molecule has 0 saturated carbocycles. The standard InChI is InChI=1S/C25H36N2O6/c1-6-18(11-12-23(28)33-25(3,4)5)32-21-14-17-16-26-27(22-10-8-9-13-31-22)20(17)15-19(21)24(29)30-7-2/h14-16,18,22H,6-13H2,1-5H3/t18-,22?/m1/s1. The Bertz CT molecular complexity index is 956. The van der Waals surface area contributed by atoms with E-state index in [1.165, 1.54) is 0 Å². The van der Waals surface area contributed by atoms with Crippen LogP contribution < -0.4 is 4.74 Å². The lowest BCUT2D eigenvalue weighted by Crippen LogP contribution is -2.25. The Labute approximate surface area is 195 Å². The van der Waals surface area contributed by atoms with E-state index in [1.807, 2.05) is 38.4 Å². The summed E-state index contributed by atoms with van der Waals surface area (Å²) in [6.45, 7) is 10.3. The summed E-state index contributed by atoms with van der Waals surface area (Å²) in [5.74, 6) is -0.283. The molecule has 8 heteroatoms. The highest BCUT2D eigenvalue weighted by molar-refractivity contribution is 5.97. The summed E-state index contributed by atoms with van der Waals surface area (Å²) < 4.78 is 24.6. The Morgan fingerprint density at radius 1 is 1.24 bits per heavy atom. The van der Waals surface area contributed by atoms with Crippen molar-refractivity contribution < 1.29 is 28.5 Å². The minimum Gasteiger partial charge on any atom is -0.489 e. The molecule has 1 unspecified atom stereocenters. The topological polar surface area (TPSA) is 88.9 Å². The first-order chi connectivity index (χ1) is 15.7. The van der Waals surface area contributed by atoms with E-state index in [9.17, 15) is 9.59 Å². The van der Waals surface area contributed by atoms with Crippen molar-refractivity contribution in [2.24, 2.45) is 0 Å². The number of hydrogen-bond acceptors (Lipinski definition) is 7. The molecule has 2 heterocycles. The van der Waals surface area contributed by atoms with Crippen LogP contribution in [0.1, 0.15) is 89.7 Å². The van der Waals surface area contributed by atoms with E-state index < -0.39 is 11.6 Å². The number of hydrogen-bond donors (Lipinski definition) is 0. The highest BCUT2D eigenvalue weighted by Gasteiger charge is 2.24. The van der Waals surface area contributed by atoms with Gasteiger partial charge in [0.1, 0.15) is 16.9 Å². The van der Waals surface area contributed by atoms with Crippen molar-refractivity contribution in [1.82, 2.24) is 9.78 Å². The minimum absolute atomic E-state index is 0.143. The predicted octanol–water partition coefficient (Wildman–Crippen LogP) is 5.19. The van der Waals surface area contributed by atoms with Gasteiger partial charge in [0.15, 0.2) is 6.23 Å². The fourth-order valence-electron chi connectivity index (χ4n) is 3.88. The second-order valence-electron chi connectivity index (χ2n) is 9.31. The van der Waals surface area contributed by atoms with Crippen LogP contribution in [0.4, 0.5) is 0 Å². The van der Waals surface area contributed by atoms with Crippen molar-refractivity contribution in [3.8, 4) is 5.75 Å². The first kappa shape index (κ1) is 25.0. The molecule has 1 aliphatic heterocycles. The van der Waals surface area contributed by atoms with Gasteiger partial charge in [-0.2, -0.15) is 5.10 Å². The van der Waals surface area contributed by atoms with E-state index in [0.29, 0.717) is 30.8 Å². The number of nitrogens with zero attached hydrogens (tertiary/aromatic N) is 2. The zero-order valence-corrected chi connectivity index (χ0v) is 20.4. The molecule has 0 bridgehead atoms. The lowest BCUT2D eigenvalue weighted by Gasteiger charge is -2.24. The largest absolute Gasteiger partial charge is 0.489 e.